The van der Waals surface area contributed by atoms with E-state index in [-0.39, 0.29) is 11.9 Å². The maximum absolute atomic E-state index is 12.3. The minimum Gasteiger partial charge on any atom is -0.338 e. The summed E-state index contributed by atoms with van der Waals surface area (Å²) in [6.07, 6.45) is 0.935. The highest BCUT2D eigenvalue weighted by Gasteiger charge is 2.20. The summed E-state index contributed by atoms with van der Waals surface area (Å²) >= 11 is 0. The Balaban J connectivity index is 2.73. The fourth-order valence-corrected chi connectivity index (χ4v) is 2.33. The summed E-state index contributed by atoms with van der Waals surface area (Å²) in [6, 6.07) is 10.4. The highest BCUT2D eigenvalue weighted by Crippen LogP contribution is 2.22. The van der Waals surface area contributed by atoms with Crippen LogP contribution in [-0.2, 0) is 4.79 Å². The zero-order valence-corrected chi connectivity index (χ0v) is 12.6. The summed E-state index contributed by atoms with van der Waals surface area (Å²) in [5.41, 5.74) is 1.21. The van der Waals surface area contributed by atoms with Gasteiger partial charge in [0.1, 0.15) is 0 Å². The molecule has 1 aromatic rings. The van der Waals surface area contributed by atoms with E-state index in [0.717, 1.165) is 19.5 Å². The summed E-state index contributed by atoms with van der Waals surface area (Å²) in [5, 5.41) is 0. The van der Waals surface area contributed by atoms with E-state index in [1.165, 1.54) is 5.56 Å². The van der Waals surface area contributed by atoms with E-state index in [1.807, 2.05) is 30.1 Å². The van der Waals surface area contributed by atoms with Crippen molar-refractivity contribution in [3.63, 3.8) is 0 Å². The molecular weight excluding hydrogens is 236 g/mol. The molecule has 3 nitrogen and oxygen atoms in total. The maximum Gasteiger partial charge on any atom is 0.237 e. The van der Waals surface area contributed by atoms with E-state index in [2.05, 4.69) is 37.8 Å². The molecule has 1 rings (SSSR count). The predicted molar refractivity (Wildman–Crippen MR) is 80.0 cm³/mol. The molecule has 3 heteroatoms. The van der Waals surface area contributed by atoms with Gasteiger partial charge in [-0.05, 0) is 25.1 Å². The minimum absolute atomic E-state index is 0.171. The van der Waals surface area contributed by atoms with Crippen LogP contribution in [0.5, 0.6) is 0 Å². The molecule has 0 spiro atoms. The van der Waals surface area contributed by atoms with Crippen LogP contribution < -0.4 is 0 Å². The number of likely N-dealkylation sites (N-methyl/N-ethyl adjacent to an activating group) is 2. The second-order valence-electron chi connectivity index (χ2n) is 4.80. The number of nitrogens with zero attached hydrogens (tertiary/aromatic N) is 2. The van der Waals surface area contributed by atoms with Gasteiger partial charge >= 0.3 is 0 Å². The molecule has 0 bridgehead atoms. The van der Waals surface area contributed by atoms with Crippen LogP contribution in [-0.4, -0.2) is 42.4 Å². The first kappa shape index (κ1) is 15.7. The second-order valence-corrected chi connectivity index (χ2v) is 4.80. The molecule has 0 saturated heterocycles. The number of benzene rings is 1. The molecule has 0 saturated carbocycles. The fourth-order valence-electron chi connectivity index (χ4n) is 2.33. The van der Waals surface area contributed by atoms with Crippen LogP contribution in [0.4, 0.5) is 0 Å². The van der Waals surface area contributed by atoms with Gasteiger partial charge in [-0.1, -0.05) is 51.1 Å². The fraction of sp³-hybridized carbons (Fsp3) is 0.562. The zero-order chi connectivity index (χ0) is 14.3. The molecular formula is C16H26N2O. The van der Waals surface area contributed by atoms with Gasteiger partial charge in [0.15, 0.2) is 0 Å². The molecule has 0 aliphatic heterocycles. The van der Waals surface area contributed by atoms with Crippen molar-refractivity contribution in [2.75, 3.05) is 26.7 Å². The SMILES string of the molecule is CCC(c1ccccc1)N(C)C(=O)CN(CC)CC. The highest BCUT2D eigenvalue weighted by molar-refractivity contribution is 5.78. The average molecular weight is 262 g/mol. The van der Waals surface area contributed by atoms with Crippen LogP contribution in [0.3, 0.4) is 0 Å². The Morgan fingerprint density at radius 2 is 1.68 bits per heavy atom. The van der Waals surface area contributed by atoms with Crippen LogP contribution in [0, 0.1) is 0 Å². The van der Waals surface area contributed by atoms with Crippen molar-refractivity contribution >= 4 is 5.91 Å². The molecule has 1 atom stereocenters. The molecule has 0 aromatic heterocycles. The van der Waals surface area contributed by atoms with E-state index in [9.17, 15) is 4.79 Å². The highest BCUT2D eigenvalue weighted by atomic mass is 16.2. The molecule has 1 amide bonds. The molecule has 19 heavy (non-hydrogen) atoms. The van der Waals surface area contributed by atoms with Crippen molar-refractivity contribution in [2.45, 2.75) is 33.2 Å². The lowest BCUT2D eigenvalue weighted by Gasteiger charge is -2.30. The Morgan fingerprint density at radius 1 is 1.11 bits per heavy atom. The standard InChI is InChI=1S/C16H26N2O/c1-5-15(14-11-9-8-10-12-14)17(4)16(19)13-18(6-2)7-3/h8-12,15H,5-7,13H2,1-4H3. The number of carbonyl (C=O) groups excluding carboxylic acids is 1. The third-order valence-corrected chi connectivity index (χ3v) is 3.69. The molecule has 0 aliphatic rings. The number of hydrogen-bond acceptors (Lipinski definition) is 2. The minimum atomic E-state index is 0.171. The lowest BCUT2D eigenvalue weighted by atomic mass is 10.0. The largest absolute Gasteiger partial charge is 0.338 e. The first-order valence-electron chi connectivity index (χ1n) is 7.16. The quantitative estimate of drug-likeness (QED) is 0.754. The van der Waals surface area contributed by atoms with E-state index in [1.54, 1.807) is 0 Å². The smallest absolute Gasteiger partial charge is 0.237 e. The lowest BCUT2D eigenvalue weighted by Crippen LogP contribution is -2.40. The van der Waals surface area contributed by atoms with Gasteiger partial charge in [0, 0.05) is 7.05 Å². The Hall–Kier alpha value is -1.35. The third kappa shape index (κ3) is 4.35. The topological polar surface area (TPSA) is 23.6 Å². The van der Waals surface area contributed by atoms with Crippen LogP contribution in [0.25, 0.3) is 0 Å². The second kappa shape index (κ2) is 7.95. The van der Waals surface area contributed by atoms with E-state index in [0.29, 0.717) is 6.54 Å². The van der Waals surface area contributed by atoms with Gasteiger partial charge in [0.2, 0.25) is 5.91 Å². The lowest BCUT2D eigenvalue weighted by molar-refractivity contribution is -0.133. The van der Waals surface area contributed by atoms with Crippen LogP contribution in [0.2, 0.25) is 0 Å². The van der Waals surface area contributed by atoms with E-state index >= 15 is 0 Å². The Bertz CT molecular complexity index is 374. The van der Waals surface area contributed by atoms with Gasteiger partial charge in [0.05, 0.1) is 12.6 Å². The van der Waals surface area contributed by atoms with Crippen molar-refractivity contribution < 1.29 is 4.79 Å². The maximum atomic E-state index is 12.3. The van der Waals surface area contributed by atoms with Gasteiger partial charge in [-0.25, -0.2) is 0 Å². The number of hydrogen-bond donors (Lipinski definition) is 0. The van der Waals surface area contributed by atoms with Crippen molar-refractivity contribution in [3.05, 3.63) is 35.9 Å². The molecule has 0 heterocycles. The molecule has 0 N–H and O–H groups in total. The van der Waals surface area contributed by atoms with Crippen LogP contribution >= 0.6 is 0 Å². The van der Waals surface area contributed by atoms with Gasteiger partial charge < -0.3 is 4.90 Å². The van der Waals surface area contributed by atoms with Gasteiger partial charge in [0.25, 0.3) is 0 Å². The van der Waals surface area contributed by atoms with Crippen molar-refractivity contribution in [1.82, 2.24) is 9.80 Å². The van der Waals surface area contributed by atoms with Gasteiger partial charge in [-0.15, -0.1) is 0 Å². The van der Waals surface area contributed by atoms with Gasteiger partial charge in [-0.2, -0.15) is 0 Å². The molecule has 106 valence electrons. The van der Waals surface area contributed by atoms with Crippen LogP contribution in [0.1, 0.15) is 38.8 Å². The molecule has 1 aromatic carbocycles. The first-order valence-corrected chi connectivity index (χ1v) is 7.16. The van der Waals surface area contributed by atoms with Crippen molar-refractivity contribution in [3.8, 4) is 0 Å². The van der Waals surface area contributed by atoms with Crippen molar-refractivity contribution in [1.29, 1.82) is 0 Å². The number of rotatable bonds is 7. The first-order chi connectivity index (χ1) is 9.13. The summed E-state index contributed by atoms with van der Waals surface area (Å²) in [6.45, 7) is 8.64. The monoisotopic (exact) mass is 262 g/mol. The summed E-state index contributed by atoms with van der Waals surface area (Å²) in [5.74, 6) is 0.194. The van der Waals surface area contributed by atoms with E-state index < -0.39 is 0 Å². The Labute approximate surface area is 117 Å². The Morgan fingerprint density at radius 3 is 2.16 bits per heavy atom. The van der Waals surface area contributed by atoms with Crippen molar-refractivity contribution in [2.24, 2.45) is 0 Å². The summed E-state index contributed by atoms with van der Waals surface area (Å²) in [7, 11) is 1.91. The molecule has 1 unspecified atom stereocenters. The summed E-state index contributed by atoms with van der Waals surface area (Å²) < 4.78 is 0. The average Bonchev–Trinajstić information content (AvgIpc) is 2.46. The van der Waals surface area contributed by atoms with E-state index in [4.69, 9.17) is 0 Å². The summed E-state index contributed by atoms with van der Waals surface area (Å²) in [4.78, 5) is 16.4. The molecule has 0 fully saturated rings. The molecule has 0 radical (unpaired) electrons. The number of carbonyl (C=O) groups is 1. The third-order valence-electron chi connectivity index (χ3n) is 3.69. The molecule has 0 aliphatic carbocycles. The Kier molecular flexibility index (Phi) is 6.57. The van der Waals surface area contributed by atoms with Crippen LogP contribution in [0.15, 0.2) is 30.3 Å². The number of amides is 1. The zero-order valence-electron chi connectivity index (χ0n) is 12.6. The van der Waals surface area contributed by atoms with Gasteiger partial charge in [-0.3, -0.25) is 9.69 Å². The normalized spacial score (nSPS) is 12.5. The predicted octanol–water partition coefficient (Wildman–Crippen LogP) is 2.94.